The van der Waals surface area contributed by atoms with Crippen LogP contribution in [-0.4, -0.2) is 56.9 Å². The molecule has 2 saturated heterocycles. The smallest absolute Gasteiger partial charge is 0.191 e. The molecular formula is C18H28IN3O2. The van der Waals surface area contributed by atoms with Gasteiger partial charge in [-0.15, -0.1) is 24.0 Å². The van der Waals surface area contributed by atoms with Gasteiger partial charge in [0.25, 0.3) is 0 Å². The lowest BCUT2D eigenvalue weighted by molar-refractivity contribution is 0.0522. The number of nitrogens with zero attached hydrogens (tertiary/aromatic N) is 2. The van der Waals surface area contributed by atoms with Crippen molar-refractivity contribution in [2.75, 3.05) is 46.1 Å². The van der Waals surface area contributed by atoms with E-state index in [2.05, 4.69) is 36.1 Å². The number of aliphatic imine (C=N–C) groups is 1. The summed E-state index contributed by atoms with van der Waals surface area (Å²) < 4.78 is 11.0. The maximum atomic E-state index is 6.23. The molecular weight excluding hydrogens is 417 g/mol. The zero-order chi connectivity index (χ0) is 16.1. The molecule has 0 aromatic heterocycles. The SMILES string of the molecule is Cc1ccccc1C1(CN=C(N)N2CCOCC2)CCOCC1.I. The van der Waals surface area contributed by atoms with Crippen LogP contribution >= 0.6 is 24.0 Å². The van der Waals surface area contributed by atoms with Crippen molar-refractivity contribution < 1.29 is 9.47 Å². The Morgan fingerprint density at radius 3 is 2.42 bits per heavy atom. The number of nitrogens with two attached hydrogens (primary N) is 1. The van der Waals surface area contributed by atoms with Gasteiger partial charge >= 0.3 is 0 Å². The predicted octanol–water partition coefficient (Wildman–Crippen LogP) is 2.31. The minimum absolute atomic E-state index is 0. The third-order valence-electron chi connectivity index (χ3n) is 5.05. The Kier molecular flexibility index (Phi) is 7.31. The van der Waals surface area contributed by atoms with Crippen LogP contribution in [0.15, 0.2) is 29.3 Å². The van der Waals surface area contributed by atoms with Crippen LogP contribution < -0.4 is 5.73 Å². The molecule has 3 rings (SSSR count). The Morgan fingerprint density at radius 2 is 1.75 bits per heavy atom. The number of hydrogen-bond acceptors (Lipinski definition) is 3. The Morgan fingerprint density at radius 1 is 1.12 bits per heavy atom. The van der Waals surface area contributed by atoms with Crippen molar-refractivity contribution in [3.63, 3.8) is 0 Å². The molecule has 0 amide bonds. The zero-order valence-corrected chi connectivity index (χ0v) is 16.7. The lowest BCUT2D eigenvalue weighted by Crippen LogP contribution is -2.46. The zero-order valence-electron chi connectivity index (χ0n) is 14.4. The van der Waals surface area contributed by atoms with E-state index in [-0.39, 0.29) is 29.4 Å². The molecule has 2 heterocycles. The van der Waals surface area contributed by atoms with Crippen LogP contribution in [0.2, 0.25) is 0 Å². The first kappa shape index (κ1) is 19.5. The molecule has 0 bridgehead atoms. The fraction of sp³-hybridized carbons (Fsp3) is 0.611. The van der Waals surface area contributed by atoms with Crippen LogP contribution in [0, 0.1) is 6.92 Å². The molecule has 1 aromatic carbocycles. The van der Waals surface area contributed by atoms with Crippen LogP contribution in [0.4, 0.5) is 0 Å². The van der Waals surface area contributed by atoms with Gasteiger partial charge in [0.1, 0.15) is 0 Å². The van der Waals surface area contributed by atoms with Crippen molar-refractivity contribution >= 4 is 29.9 Å². The Labute approximate surface area is 161 Å². The van der Waals surface area contributed by atoms with Crippen LogP contribution in [0.25, 0.3) is 0 Å². The monoisotopic (exact) mass is 445 g/mol. The van der Waals surface area contributed by atoms with Gasteiger partial charge in [-0.25, -0.2) is 0 Å². The summed E-state index contributed by atoms with van der Waals surface area (Å²) in [6.45, 7) is 7.61. The Hall–Kier alpha value is -0.860. The lowest BCUT2D eigenvalue weighted by Gasteiger charge is -2.38. The second-order valence-corrected chi connectivity index (χ2v) is 6.48. The molecule has 1 aromatic rings. The van der Waals surface area contributed by atoms with Crippen molar-refractivity contribution in [2.45, 2.75) is 25.2 Å². The highest BCUT2D eigenvalue weighted by molar-refractivity contribution is 14.0. The lowest BCUT2D eigenvalue weighted by atomic mass is 9.72. The van der Waals surface area contributed by atoms with Crippen LogP contribution in [0.5, 0.6) is 0 Å². The van der Waals surface area contributed by atoms with E-state index >= 15 is 0 Å². The molecule has 134 valence electrons. The van der Waals surface area contributed by atoms with E-state index in [0.717, 1.165) is 58.9 Å². The molecule has 0 aliphatic carbocycles. The number of aryl methyl sites for hydroxylation is 1. The molecule has 2 N–H and O–H groups in total. The molecule has 2 fully saturated rings. The van der Waals surface area contributed by atoms with E-state index < -0.39 is 0 Å². The van der Waals surface area contributed by atoms with E-state index in [1.807, 2.05) is 0 Å². The molecule has 0 unspecified atom stereocenters. The van der Waals surface area contributed by atoms with Gasteiger partial charge in [-0.3, -0.25) is 4.99 Å². The Bertz CT molecular complexity index is 553. The van der Waals surface area contributed by atoms with Gasteiger partial charge < -0.3 is 20.1 Å². The largest absolute Gasteiger partial charge is 0.381 e. The van der Waals surface area contributed by atoms with Gasteiger partial charge in [0, 0.05) is 31.7 Å². The van der Waals surface area contributed by atoms with Crippen LogP contribution in [-0.2, 0) is 14.9 Å². The summed E-state index contributed by atoms with van der Waals surface area (Å²) >= 11 is 0. The van der Waals surface area contributed by atoms with Crippen molar-refractivity contribution in [2.24, 2.45) is 10.7 Å². The summed E-state index contributed by atoms with van der Waals surface area (Å²) in [5, 5.41) is 0. The number of halogens is 1. The highest BCUT2D eigenvalue weighted by Gasteiger charge is 2.35. The molecule has 2 aliphatic heterocycles. The minimum Gasteiger partial charge on any atom is -0.381 e. The van der Waals surface area contributed by atoms with E-state index in [1.54, 1.807) is 0 Å². The molecule has 0 saturated carbocycles. The second kappa shape index (κ2) is 9.01. The number of ether oxygens (including phenoxy) is 2. The van der Waals surface area contributed by atoms with E-state index in [9.17, 15) is 0 Å². The van der Waals surface area contributed by atoms with Gasteiger partial charge in [-0.2, -0.15) is 0 Å². The molecule has 2 aliphatic rings. The fourth-order valence-corrected chi connectivity index (χ4v) is 3.57. The predicted molar refractivity (Wildman–Crippen MR) is 107 cm³/mol. The standard InChI is InChI=1S/C18H27N3O2.HI/c1-15-4-2-3-5-16(15)18(6-10-22-11-7-18)14-20-17(19)21-8-12-23-13-9-21;/h2-5H,6-14H2,1H3,(H2,19,20);1H. The molecule has 0 atom stereocenters. The van der Waals surface area contributed by atoms with Gasteiger partial charge in [0.2, 0.25) is 0 Å². The summed E-state index contributed by atoms with van der Waals surface area (Å²) in [7, 11) is 0. The van der Waals surface area contributed by atoms with Gasteiger partial charge in [0.05, 0.1) is 19.8 Å². The molecule has 24 heavy (non-hydrogen) atoms. The quantitative estimate of drug-likeness (QED) is 0.441. The summed E-state index contributed by atoms with van der Waals surface area (Å²) in [4.78, 5) is 6.89. The highest BCUT2D eigenvalue weighted by Crippen LogP contribution is 2.37. The summed E-state index contributed by atoms with van der Waals surface area (Å²) in [6, 6.07) is 8.63. The topological polar surface area (TPSA) is 60.1 Å². The minimum atomic E-state index is 0. The normalized spacial score (nSPS) is 21.2. The third-order valence-corrected chi connectivity index (χ3v) is 5.05. The maximum absolute atomic E-state index is 6.23. The van der Waals surface area contributed by atoms with Crippen molar-refractivity contribution in [1.29, 1.82) is 0 Å². The molecule has 0 spiro atoms. The highest BCUT2D eigenvalue weighted by atomic mass is 127. The number of benzene rings is 1. The first-order chi connectivity index (χ1) is 11.2. The van der Waals surface area contributed by atoms with E-state index in [1.165, 1.54) is 11.1 Å². The fourth-order valence-electron chi connectivity index (χ4n) is 3.57. The van der Waals surface area contributed by atoms with Gasteiger partial charge in [-0.1, -0.05) is 24.3 Å². The van der Waals surface area contributed by atoms with E-state index in [4.69, 9.17) is 20.2 Å². The number of hydrogen-bond donors (Lipinski definition) is 1. The van der Waals surface area contributed by atoms with Crippen LogP contribution in [0.1, 0.15) is 24.0 Å². The molecule has 0 radical (unpaired) electrons. The number of rotatable bonds is 3. The average molecular weight is 445 g/mol. The first-order valence-electron chi connectivity index (χ1n) is 8.48. The summed E-state index contributed by atoms with van der Waals surface area (Å²) in [5.41, 5.74) is 8.99. The summed E-state index contributed by atoms with van der Waals surface area (Å²) in [5.74, 6) is 0.646. The van der Waals surface area contributed by atoms with E-state index in [0.29, 0.717) is 5.96 Å². The Balaban J connectivity index is 0.00000208. The number of guanidine groups is 1. The second-order valence-electron chi connectivity index (χ2n) is 6.48. The van der Waals surface area contributed by atoms with Crippen molar-refractivity contribution in [3.05, 3.63) is 35.4 Å². The summed E-state index contributed by atoms with van der Waals surface area (Å²) in [6.07, 6.45) is 2.00. The third kappa shape index (κ3) is 4.40. The van der Waals surface area contributed by atoms with Crippen LogP contribution in [0.3, 0.4) is 0 Å². The van der Waals surface area contributed by atoms with Gasteiger partial charge in [0.15, 0.2) is 5.96 Å². The molecule has 5 nitrogen and oxygen atoms in total. The average Bonchev–Trinajstić information content (AvgIpc) is 2.61. The van der Waals surface area contributed by atoms with Crippen molar-refractivity contribution in [1.82, 2.24) is 4.90 Å². The number of morpholine rings is 1. The molecule has 6 heteroatoms. The van der Waals surface area contributed by atoms with Gasteiger partial charge in [-0.05, 0) is 30.9 Å². The first-order valence-corrected chi connectivity index (χ1v) is 8.48. The van der Waals surface area contributed by atoms with Crippen molar-refractivity contribution in [3.8, 4) is 0 Å². The maximum Gasteiger partial charge on any atom is 0.191 e.